The quantitative estimate of drug-likeness (QED) is 0.777. The summed E-state index contributed by atoms with van der Waals surface area (Å²) in [6.07, 6.45) is 6.17. The minimum absolute atomic E-state index is 0.00204. The Labute approximate surface area is 105 Å². The maximum atomic E-state index is 11.9. The molecular formula is C14H27NO2. The van der Waals surface area contributed by atoms with E-state index in [0.29, 0.717) is 5.92 Å². The van der Waals surface area contributed by atoms with Crippen LogP contribution in [0.15, 0.2) is 0 Å². The molecule has 0 saturated heterocycles. The van der Waals surface area contributed by atoms with Gasteiger partial charge in [-0.25, -0.2) is 0 Å². The Kier molecular flexibility index (Phi) is 5.44. The Morgan fingerprint density at radius 2 is 1.88 bits per heavy atom. The van der Waals surface area contributed by atoms with Crippen LogP contribution in [0.5, 0.6) is 0 Å². The van der Waals surface area contributed by atoms with Crippen molar-refractivity contribution >= 4 is 5.91 Å². The van der Waals surface area contributed by atoms with Gasteiger partial charge < -0.3 is 10.4 Å². The normalized spacial score (nSPS) is 22.8. The van der Waals surface area contributed by atoms with Gasteiger partial charge in [0.15, 0.2) is 0 Å². The van der Waals surface area contributed by atoms with Crippen LogP contribution >= 0.6 is 0 Å². The van der Waals surface area contributed by atoms with Gasteiger partial charge in [0.05, 0.1) is 12.0 Å². The summed E-state index contributed by atoms with van der Waals surface area (Å²) in [5.41, 5.74) is -0.739. The van der Waals surface area contributed by atoms with Gasteiger partial charge in [-0.05, 0) is 25.7 Å². The van der Waals surface area contributed by atoms with Crippen LogP contribution in [-0.2, 0) is 4.79 Å². The van der Waals surface area contributed by atoms with Crippen molar-refractivity contribution in [3.63, 3.8) is 0 Å². The Bertz CT molecular complexity index is 247. The topological polar surface area (TPSA) is 49.3 Å². The highest BCUT2D eigenvalue weighted by Gasteiger charge is 2.32. The molecule has 1 saturated carbocycles. The van der Waals surface area contributed by atoms with Crippen LogP contribution in [0.4, 0.5) is 0 Å². The molecular weight excluding hydrogens is 214 g/mol. The van der Waals surface area contributed by atoms with Gasteiger partial charge in [-0.2, -0.15) is 0 Å². The molecule has 0 bridgehead atoms. The third-order valence-electron chi connectivity index (χ3n) is 4.16. The fraction of sp³-hybridized carbons (Fsp3) is 0.929. The van der Waals surface area contributed by atoms with Crippen LogP contribution in [0.2, 0.25) is 0 Å². The largest absolute Gasteiger partial charge is 0.389 e. The van der Waals surface area contributed by atoms with Crippen molar-refractivity contribution in [1.82, 2.24) is 5.32 Å². The Balaban J connectivity index is 2.38. The second-order valence-corrected chi connectivity index (χ2v) is 5.70. The van der Waals surface area contributed by atoms with Crippen molar-refractivity contribution < 1.29 is 9.90 Å². The summed E-state index contributed by atoms with van der Waals surface area (Å²) in [6.45, 7) is 6.30. The molecule has 0 spiro atoms. The molecule has 0 aromatic heterocycles. The third-order valence-corrected chi connectivity index (χ3v) is 4.16. The van der Waals surface area contributed by atoms with Gasteiger partial charge in [0.1, 0.15) is 0 Å². The summed E-state index contributed by atoms with van der Waals surface area (Å²) in [7, 11) is 0. The van der Waals surface area contributed by atoms with E-state index >= 15 is 0 Å². The van der Waals surface area contributed by atoms with E-state index in [1.165, 1.54) is 6.42 Å². The van der Waals surface area contributed by atoms with Gasteiger partial charge in [-0.3, -0.25) is 4.79 Å². The summed E-state index contributed by atoms with van der Waals surface area (Å²) < 4.78 is 0. The van der Waals surface area contributed by atoms with Crippen molar-refractivity contribution in [1.29, 1.82) is 0 Å². The molecule has 2 atom stereocenters. The highest BCUT2D eigenvalue weighted by Crippen LogP contribution is 2.30. The number of amides is 1. The fourth-order valence-corrected chi connectivity index (χ4v) is 2.49. The predicted molar refractivity (Wildman–Crippen MR) is 69.7 cm³/mol. The van der Waals surface area contributed by atoms with Crippen LogP contribution < -0.4 is 5.32 Å². The first-order valence-corrected chi connectivity index (χ1v) is 6.98. The first-order valence-electron chi connectivity index (χ1n) is 6.98. The molecule has 0 aromatic rings. The lowest BCUT2D eigenvalue weighted by atomic mass is 9.82. The first-order chi connectivity index (χ1) is 7.97. The van der Waals surface area contributed by atoms with E-state index in [1.807, 2.05) is 6.92 Å². The molecule has 0 aromatic carbocycles. The average Bonchev–Trinajstić information content (AvgIpc) is 2.27. The van der Waals surface area contributed by atoms with Crippen molar-refractivity contribution in [3.05, 3.63) is 0 Å². The van der Waals surface area contributed by atoms with Gasteiger partial charge in [-0.1, -0.05) is 39.5 Å². The number of carbonyl (C=O) groups is 1. The molecule has 1 rings (SSSR count). The minimum Gasteiger partial charge on any atom is -0.389 e. The number of carbonyl (C=O) groups excluding carboxylic acids is 1. The smallest absolute Gasteiger partial charge is 0.223 e. The zero-order valence-corrected chi connectivity index (χ0v) is 11.5. The highest BCUT2D eigenvalue weighted by atomic mass is 16.3. The SMILES string of the molecule is CCC(C)C(C)NC(=O)CC1(O)CCCCC1. The molecule has 0 radical (unpaired) electrons. The third kappa shape index (κ3) is 4.66. The number of aliphatic hydroxyl groups is 1. The standard InChI is InChI=1S/C14H27NO2/c1-4-11(2)12(3)15-13(16)10-14(17)8-6-5-7-9-14/h11-12,17H,4-10H2,1-3H3,(H,15,16). The monoisotopic (exact) mass is 241 g/mol. The van der Waals surface area contributed by atoms with Crippen LogP contribution in [0, 0.1) is 5.92 Å². The summed E-state index contributed by atoms with van der Waals surface area (Å²) in [6, 6.07) is 0.194. The molecule has 0 heterocycles. The fourth-order valence-electron chi connectivity index (χ4n) is 2.49. The summed E-state index contributed by atoms with van der Waals surface area (Å²) in [4.78, 5) is 11.9. The highest BCUT2D eigenvalue weighted by molar-refractivity contribution is 5.77. The molecule has 3 nitrogen and oxygen atoms in total. The van der Waals surface area contributed by atoms with E-state index in [4.69, 9.17) is 0 Å². The second-order valence-electron chi connectivity index (χ2n) is 5.70. The minimum atomic E-state index is -0.739. The average molecular weight is 241 g/mol. The molecule has 1 aliphatic carbocycles. The summed E-state index contributed by atoms with van der Waals surface area (Å²) >= 11 is 0. The lowest BCUT2D eigenvalue weighted by molar-refractivity contribution is -0.128. The molecule has 2 unspecified atom stereocenters. The number of nitrogens with one attached hydrogen (secondary N) is 1. The molecule has 1 fully saturated rings. The summed E-state index contributed by atoms with van der Waals surface area (Å²) in [5, 5.41) is 13.3. The van der Waals surface area contributed by atoms with Crippen molar-refractivity contribution in [2.75, 3.05) is 0 Å². The van der Waals surface area contributed by atoms with Crippen molar-refractivity contribution in [3.8, 4) is 0 Å². The maximum Gasteiger partial charge on any atom is 0.223 e. The van der Waals surface area contributed by atoms with Crippen LogP contribution in [0.3, 0.4) is 0 Å². The lowest BCUT2D eigenvalue weighted by Gasteiger charge is -2.32. The van der Waals surface area contributed by atoms with Gasteiger partial charge in [0.2, 0.25) is 5.91 Å². The predicted octanol–water partition coefficient (Wildman–Crippen LogP) is 2.62. The van der Waals surface area contributed by atoms with E-state index in [1.54, 1.807) is 0 Å². The van der Waals surface area contributed by atoms with Crippen LogP contribution in [-0.4, -0.2) is 22.7 Å². The zero-order valence-electron chi connectivity index (χ0n) is 11.5. The van der Waals surface area contributed by atoms with Crippen molar-refractivity contribution in [2.24, 2.45) is 5.92 Å². The molecule has 17 heavy (non-hydrogen) atoms. The Hall–Kier alpha value is -0.570. The molecule has 3 heteroatoms. The van der Waals surface area contributed by atoms with Gasteiger partial charge in [0, 0.05) is 6.04 Å². The van der Waals surface area contributed by atoms with Gasteiger partial charge in [0.25, 0.3) is 0 Å². The molecule has 1 amide bonds. The van der Waals surface area contributed by atoms with Crippen LogP contribution in [0.25, 0.3) is 0 Å². The first kappa shape index (κ1) is 14.5. The van der Waals surface area contributed by atoms with Gasteiger partial charge >= 0.3 is 0 Å². The van der Waals surface area contributed by atoms with E-state index in [9.17, 15) is 9.90 Å². The lowest BCUT2D eigenvalue weighted by Crippen LogP contribution is -2.43. The van der Waals surface area contributed by atoms with E-state index in [2.05, 4.69) is 19.2 Å². The number of hydrogen-bond acceptors (Lipinski definition) is 2. The molecule has 100 valence electrons. The van der Waals surface area contributed by atoms with E-state index < -0.39 is 5.60 Å². The number of rotatable bonds is 5. The Morgan fingerprint density at radius 1 is 1.29 bits per heavy atom. The number of hydrogen-bond donors (Lipinski definition) is 2. The molecule has 1 aliphatic rings. The molecule has 2 N–H and O–H groups in total. The van der Waals surface area contributed by atoms with Crippen molar-refractivity contribution in [2.45, 2.75) is 77.4 Å². The van der Waals surface area contributed by atoms with Gasteiger partial charge in [-0.15, -0.1) is 0 Å². The Morgan fingerprint density at radius 3 is 2.41 bits per heavy atom. The zero-order chi connectivity index (χ0) is 12.9. The van der Waals surface area contributed by atoms with E-state index in [-0.39, 0.29) is 18.4 Å². The molecule has 0 aliphatic heterocycles. The van der Waals surface area contributed by atoms with Crippen LogP contribution in [0.1, 0.15) is 65.7 Å². The van der Waals surface area contributed by atoms with E-state index in [0.717, 1.165) is 32.1 Å². The maximum absolute atomic E-state index is 11.9. The summed E-state index contributed by atoms with van der Waals surface area (Å²) in [5.74, 6) is 0.488. The second kappa shape index (κ2) is 6.39.